The number of hydrogen-bond acceptors (Lipinski definition) is 5. The van der Waals surface area contributed by atoms with Crippen LogP contribution in [0.4, 0.5) is 5.69 Å². The van der Waals surface area contributed by atoms with Crippen LogP contribution in [0.3, 0.4) is 0 Å². The van der Waals surface area contributed by atoms with Crippen LogP contribution in [0, 0.1) is 0 Å². The van der Waals surface area contributed by atoms with Gasteiger partial charge in [-0.15, -0.1) is 11.3 Å². The molecule has 0 unspecified atom stereocenters. The Bertz CT molecular complexity index is 696. The maximum absolute atomic E-state index is 12.2. The normalized spacial score (nSPS) is 14.0. The van der Waals surface area contributed by atoms with Crippen LogP contribution in [0.15, 0.2) is 34.0 Å². The lowest BCUT2D eigenvalue weighted by molar-refractivity contribution is 0.581. The molecule has 1 aromatic heterocycles. The number of aromatic nitrogens is 1. The van der Waals surface area contributed by atoms with E-state index in [4.69, 9.17) is 0 Å². The molecule has 1 aromatic carbocycles. The minimum atomic E-state index is -3.45. The van der Waals surface area contributed by atoms with Crippen LogP contribution in [-0.4, -0.2) is 26.5 Å². The number of thiazole rings is 1. The quantitative estimate of drug-likeness (QED) is 0.881. The fourth-order valence-corrected chi connectivity index (χ4v) is 3.85. The van der Waals surface area contributed by atoms with Gasteiger partial charge in [-0.3, -0.25) is 0 Å². The van der Waals surface area contributed by atoms with Crippen molar-refractivity contribution in [1.29, 1.82) is 0 Å². The largest absolute Gasteiger partial charge is 0.384 e. The first-order chi connectivity index (χ1) is 9.65. The van der Waals surface area contributed by atoms with E-state index in [1.54, 1.807) is 17.6 Å². The number of anilines is 1. The smallest absolute Gasteiger partial charge is 0.240 e. The third-order valence-corrected chi connectivity index (χ3v) is 5.35. The number of rotatable bonds is 5. The van der Waals surface area contributed by atoms with Crippen LogP contribution >= 0.6 is 11.3 Å². The van der Waals surface area contributed by atoms with Crippen molar-refractivity contribution in [2.45, 2.75) is 17.7 Å². The molecule has 7 heteroatoms. The first kappa shape index (κ1) is 13.5. The van der Waals surface area contributed by atoms with E-state index in [0.29, 0.717) is 17.9 Å². The molecule has 0 radical (unpaired) electrons. The Balaban J connectivity index is 1.68. The summed E-state index contributed by atoms with van der Waals surface area (Å²) in [5.41, 5.74) is 4.75. The van der Waals surface area contributed by atoms with Gasteiger partial charge in [0.15, 0.2) is 0 Å². The Morgan fingerprint density at radius 2 is 2.30 bits per heavy atom. The molecule has 0 aliphatic carbocycles. The van der Waals surface area contributed by atoms with Gasteiger partial charge in [-0.1, -0.05) is 6.07 Å². The summed E-state index contributed by atoms with van der Waals surface area (Å²) < 4.78 is 27.0. The molecule has 0 amide bonds. The van der Waals surface area contributed by atoms with E-state index in [9.17, 15) is 8.42 Å². The highest BCUT2D eigenvalue weighted by Gasteiger charge is 2.17. The van der Waals surface area contributed by atoms with Gasteiger partial charge in [-0.05, 0) is 24.1 Å². The topological polar surface area (TPSA) is 71.1 Å². The second-order valence-corrected chi connectivity index (χ2v) is 7.11. The van der Waals surface area contributed by atoms with Crippen molar-refractivity contribution >= 4 is 27.0 Å². The zero-order valence-corrected chi connectivity index (χ0v) is 12.4. The summed E-state index contributed by atoms with van der Waals surface area (Å²) in [6.45, 7) is 1.23. The minimum Gasteiger partial charge on any atom is -0.384 e. The molecule has 2 N–H and O–H groups in total. The van der Waals surface area contributed by atoms with Gasteiger partial charge in [-0.2, -0.15) is 0 Å². The van der Waals surface area contributed by atoms with Crippen molar-refractivity contribution in [1.82, 2.24) is 9.71 Å². The number of benzene rings is 1. The average Bonchev–Trinajstić information content (AvgIpc) is 3.08. The van der Waals surface area contributed by atoms with Crippen molar-refractivity contribution in [3.8, 4) is 0 Å². The third-order valence-electron chi connectivity index (χ3n) is 3.26. The standard InChI is InChI=1S/C13H15N3O2S2/c17-20(18,16-6-4-11-8-19-9-15-11)12-2-1-10-3-5-14-13(10)7-12/h1-2,7-9,14,16H,3-6H2. The number of sulfonamides is 1. The van der Waals surface area contributed by atoms with Crippen LogP contribution in [0.2, 0.25) is 0 Å². The second kappa shape index (κ2) is 5.51. The van der Waals surface area contributed by atoms with E-state index in [2.05, 4.69) is 15.0 Å². The van der Waals surface area contributed by atoms with Gasteiger partial charge < -0.3 is 5.32 Å². The summed E-state index contributed by atoms with van der Waals surface area (Å²) in [5, 5.41) is 5.11. The molecule has 0 saturated heterocycles. The number of hydrogen-bond donors (Lipinski definition) is 2. The van der Waals surface area contributed by atoms with Gasteiger partial charge in [0.1, 0.15) is 0 Å². The minimum absolute atomic E-state index is 0.309. The van der Waals surface area contributed by atoms with Crippen LogP contribution < -0.4 is 10.0 Å². The second-order valence-electron chi connectivity index (χ2n) is 4.62. The van der Waals surface area contributed by atoms with E-state index >= 15 is 0 Å². The van der Waals surface area contributed by atoms with Gasteiger partial charge in [0.25, 0.3) is 0 Å². The van der Waals surface area contributed by atoms with E-state index in [1.165, 1.54) is 16.9 Å². The molecular weight excluding hydrogens is 294 g/mol. The molecule has 106 valence electrons. The number of fused-ring (bicyclic) bond motifs is 1. The third kappa shape index (κ3) is 2.84. The maximum atomic E-state index is 12.2. The predicted octanol–water partition coefficient (Wildman–Crippen LogP) is 1.63. The van der Waals surface area contributed by atoms with Crippen molar-refractivity contribution in [3.63, 3.8) is 0 Å². The molecular formula is C13H15N3O2S2. The molecule has 0 atom stereocenters. The van der Waals surface area contributed by atoms with Gasteiger partial charge in [0.05, 0.1) is 16.1 Å². The highest BCUT2D eigenvalue weighted by molar-refractivity contribution is 7.89. The Morgan fingerprint density at radius 1 is 1.40 bits per heavy atom. The molecule has 0 fully saturated rings. The number of nitrogens with one attached hydrogen (secondary N) is 2. The Labute approximate surface area is 122 Å². The van der Waals surface area contributed by atoms with Gasteiger partial charge in [0.2, 0.25) is 10.0 Å². The molecule has 5 nitrogen and oxygen atoms in total. The molecule has 0 spiro atoms. The van der Waals surface area contributed by atoms with E-state index in [0.717, 1.165) is 24.3 Å². The van der Waals surface area contributed by atoms with Crippen LogP contribution in [0.25, 0.3) is 0 Å². The van der Waals surface area contributed by atoms with Crippen LogP contribution in [0.1, 0.15) is 11.3 Å². The Hall–Kier alpha value is -1.44. The molecule has 2 aromatic rings. The Kier molecular flexibility index (Phi) is 3.73. The van der Waals surface area contributed by atoms with Gasteiger partial charge in [-0.25, -0.2) is 18.1 Å². The lowest BCUT2D eigenvalue weighted by Gasteiger charge is -2.08. The predicted molar refractivity (Wildman–Crippen MR) is 79.6 cm³/mol. The summed E-state index contributed by atoms with van der Waals surface area (Å²) in [4.78, 5) is 4.44. The summed E-state index contributed by atoms with van der Waals surface area (Å²) >= 11 is 1.51. The van der Waals surface area contributed by atoms with Crippen LogP contribution in [0.5, 0.6) is 0 Å². The summed E-state index contributed by atoms with van der Waals surface area (Å²) in [6.07, 6.45) is 1.55. The molecule has 3 rings (SSSR count). The lowest BCUT2D eigenvalue weighted by Crippen LogP contribution is -2.26. The van der Waals surface area contributed by atoms with E-state index in [1.807, 2.05) is 11.4 Å². The van der Waals surface area contributed by atoms with E-state index < -0.39 is 10.0 Å². The fourth-order valence-electron chi connectivity index (χ4n) is 2.19. The van der Waals surface area contributed by atoms with Crippen molar-refractivity contribution in [2.75, 3.05) is 18.4 Å². The first-order valence-electron chi connectivity index (χ1n) is 6.39. The van der Waals surface area contributed by atoms with Crippen LogP contribution in [-0.2, 0) is 22.9 Å². The van der Waals surface area contributed by atoms with Crippen molar-refractivity contribution in [3.05, 3.63) is 40.3 Å². The first-order valence-corrected chi connectivity index (χ1v) is 8.81. The zero-order chi connectivity index (χ0) is 14.0. The highest BCUT2D eigenvalue weighted by Crippen LogP contribution is 2.25. The van der Waals surface area contributed by atoms with Crippen molar-refractivity contribution in [2.24, 2.45) is 0 Å². The molecule has 1 aliphatic heterocycles. The average molecular weight is 309 g/mol. The molecule has 20 heavy (non-hydrogen) atoms. The fraction of sp³-hybridized carbons (Fsp3) is 0.308. The van der Waals surface area contributed by atoms with Gasteiger partial charge >= 0.3 is 0 Å². The highest BCUT2D eigenvalue weighted by atomic mass is 32.2. The Morgan fingerprint density at radius 3 is 3.10 bits per heavy atom. The summed E-state index contributed by atoms with van der Waals surface area (Å²) in [5.74, 6) is 0. The van der Waals surface area contributed by atoms with Gasteiger partial charge in [0, 0.05) is 30.6 Å². The van der Waals surface area contributed by atoms with E-state index in [-0.39, 0.29) is 0 Å². The summed E-state index contributed by atoms with van der Waals surface area (Å²) in [6, 6.07) is 5.24. The molecule has 2 heterocycles. The molecule has 0 bridgehead atoms. The zero-order valence-electron chi connectivity index (χ0n) is 10.8. The maximum Gasteiger partial charge on any atom is 0.240 e. The molecule has 0 saturated carbocycles. The molecule has 1 aliphatic rings. The monoisotopic (exact) mass is 309 g/mol. The summed E-state index contributed by atoms with van der Waals surface area (Å²) in [7, 11) is -3.45. The lowest BCUT2D eigenvalue weighted by atomic mass is 10.2. The number of nitrogens with zero attached hydrogens (tertiary/aromatic N) is 1. The SMILES string of the molecule is O=S(=O)(NCCc1cscn1)c1ccc2c(c1)NCC2. The van der Waals surface area contributed by atoms with Crippen molar-refractivity contribution < 1.29 is 8.42 Å².